The van der Waals surface area contributed by atoms with Gasteiger partial charge >= 0.3 is 11.9 Å². The van der Waals surface area contributed by atoms with E-state index in [0.29, 0.717) is 38.8 Å². The van der Waals surface area contributed by atoms with Crippen LogP contribution in [-0.2, 0) is 50.3 Å². The molecule has 0 saturated carbocycles. The van der Waals surface area contributed by atoms with Gasteiger partial charge in [-0.2, -0.15) is 0 Å². The molecule has 13 heteroatoms. The Hall–Kier alpha value is -6.93. The van der Waals surface area contributed by atoms with Crippen LogP contribution in [-0.4, -0.2) is 38.1 Å². The predicted octanol–water partition coefficient (Wildman–Crippen LogP) is 17.3. The van der Waals surface area contributed by atoms with Crippen LogP contribution in [0.25, 0.3) is 54.6 Å². The minimum absolute atomic E-state index is 0.171. The lowest BCUT2D eigenvalue weighted by molar-refractivity contribution is -0.155. The third-order valence-electron chi connectivity index (χ3n) is 12.3. The summed E-state index contributed by atoms with van der Waals surface area (Å²) in [6.45, 7) is 12.7. The van der Waals surface area contributed by atoms with Crippen molar-refractivity contribution in [2.75, 3.05) is 10.6 Å². The number of pyridine rings is 3. The molecule has 0 spiro atoms. The summed E-state index contributed by atoms with van der Waals surface area (Å²) in [7, 11) is 0. The molecule has 77 heavy (non-hydrogen) atoms. The van der Waals surface area contributed by atoms with E-state index in [1.165, 1.54) is 21.9 Å². The Morgan fingerprint density at radius 2 is 0.948 bits per heavy atom. The van der Waals surface area contributed by atoms with Gasteiger partial charge in [-0.15, -0.1) is 0 Å². The summed E-state index contributed by atoms with van der Waals surface area (Å²) >= 11 is 10.5. The number of nitrogens with one attached hydrogen (secondary N) is 2. The average Bonchev–Trinajstić information content (AvgIpc) is 3.85. The Bertz CT molecular complexity index is 3630. The van der Waals surface area contributed by atoms with Gasteiger partial charge < -0.3 is 24.5 Å². The summed E-state index contributed by atoms with van der Waals surface area (Å²) in [5, 5.41) is 15.8. The van der Waals surface area contributed by atoms with Gasteiger partial charge in [0.25, 0.3) is 0 Å². The van der Waals surface area contributed by atoms with E-state index in [2.05, 4.69) is 158 Å². The van der Waals surface area contributed by atoms with Gasteiger partial charge in [0.05, 0.1) is 0 Å². The molecule has 0 bridgehead atoms. The predicted molar refractivity (Wildman–Crippen MR) is 324 cm³/mol. The monoisotopic (exact) mass is 1220 g/mol. The average molecular weight is 1220 g/mol. The van der Waals surface area contributed by atoms with Crippen LogP contribution in [0.3, 0.4) is 0 Å². The molecule has 0 aliphatic rings. The molecule has 0 amide bonds. The molecule has 394 valence electrons. The number of nitrogens with zero attached hydrogens (tertiary/aromatic N) is 3. The number of alkyl halides is 1. The zero-order valence-electron chi connectivity index (χ0n) is 44.1. The van der Waals surface area contributed by atoms with Crippen molar-refractivity contribution in [1.82, 2.24) is 15.0 Å². The molecule has 0 saturated heterocycles. The lowest BCUT2D eigenvalue weighted by Crippen LogP contribution is -2.24. The summed E-state index contributed by atoms with van der Waals surface area (Å²) in [4.78, 5) is 37.0. The summed E-state index contributed by atoms with van der Waals surface area (Å²) in [5.74, 6) is 0.459. The largest absolute Gasteiger partial charge is 0.460 e. The van der Waals surface area contributed by atoms with E-state index in [4.69, 9.17) is 13.9 Å². The van der Waals surface area contributed by atoms with Crippen LogP contribution >= 0.6 is 47.8 Å². The van der Waals surface area contributed by atoms with Gasteiger partial charge in [-0.25, -0.2) is 0 Å². The molecular formula is C64H62Br3N5O5. The van der Waals surface area contributed by atoms with E-state index in [-0.39, 0.29) is 11.9 Å². The lowest BCUT2D eigenvalue weighted by Gasteiger charge is -2.19. The number of carbonyl (C=O) groups excluding carboxylic acids is 2. The van der Waals surface area contributed by atoms with Gasteiger partial charge in [-0.05, 0) is 173 Å². The Balaban J connectivity index is 0.000000169. The molecule has 0 atom stereocenters. The van der Waals surface area contributed by atoms with Crippen molar-refractivity contribution in [1.29, 1.82) is 0 Å². The molecule has 2 N–H and O–H groups in total. The van der Waals surface area contributed by atoms with Gasteiger partial charge in [-0.1, -0.05) is 107 Å². The van der Waals surface area contributed by atoms with E-state index in [0.717, 1.165) is 86.2 Å². The molecular weight excluding hydrogens is 1160 g/mol. The Labute approximate surface area is 475 Å². The molecule has 4 aromatic heterocycles. The summed E-state index contributed by atoms with van der Waals surface area (Å²) in [5.41, 5.74) is 8.79. The molecule has 0 radical (unpaired) electrons. The highest BCUT2D eigenvalue weighted by Gasteiger charge is 2.18. The summed E-state index contributed by atoms with van der Waals surface area (Å²) in [6.07, 6.45) is 13.1. The molecule has 4 heterocycles. The van der Waals surface area contributed by atoms with Crippen LogP contribution < -0.4 is 10.6 Å². The maximum atomic E-state index is 12.2. The van der Waals surface area contributed by atoms with Gasteiger partial charge in [0, 0.05) is 116 Å². The molecule has 10 aromatic rings. The Morgan fingerprint density at radius 1 is 0.506 bits per heavy atom. The highest BCUT2D eigenvalue weighted by Crippen LogP contribution is 2.34. The normalized spacial score (nSPS) is 11.4. The summed E-state index contributed by atoms with van der Waals surface area (Å²) < 4.78 is 19.0. The second kappa shape index (κ2) is 25.9. The van der Waals surface area contributed by atoms with Crippen LogP contribution in [0, 0.1) is 0 Å². The fourth-order valence-corrected chi connectivity index (χ4v) is 9.92. The fraction of sp³-hybridized carbons (Fsp3) is 0.234. The van der Waals surface area contributed by atoms with E-state index in [1.807, 2.05) is 127 Å². The number of ether oxygens (including phenoxy) is 2. The zero-order valence-corrected chi connectivity index (χ0v) is 48.9. The number of esters is 2. The number of hydrogen-bond donors (Lipinski definition) is 2. The van der Waals surface area contributed by atoms with E-state index in [1.54, 1.807) is 0 Å². The van der Waals surface area contributed by atoms with Crippen LogP contribution in [0.15, 0.2) is 184 Å². The molecule has 0 aliphatic heterocycles. The lowest BCUT2D eigenvalue weighted by atomic mass is 10.0. The number of carbonyl (C=O) groups is 2. The number of anilines is 2. The number of furan rings is 1. The molecule has 0 aliphatic carbocycles. The van der Waals surface area contributed by atoms with Crippen LogP contribution in [0.1, 0.15) is 82.2 Å². The maximum absolute atomic E-state index is 12.2. The minimum atomic E-state index is -0.471. The molecule has 0 unspecified atom stereocenters. The quantitative estimate of drug-likeness (QED) is 0.0802. The molecule has 10 rings (SSSR count). The number of halogens is 3. The topological polar surface area (TPSA) is 128 Å². The zero-order chi connectivity index (χ0) is 54.5. The number of aryl methyl sites for hydroxylation is 2. The van der Waals surface area contributed by atoms with Gasteiger partial charge in [0.2, 0.25) is 0 Å². The van der Waals surface area contributed by atoms with Crippen molar-refractivity contribution in [2.24, 2.45) is 0 Å². The maximum Gasteiger partial charge on any atom is 0.306 e. The van der Waals surface area contributed by atoms with Crippen molar-refractivity contribution in [2.45, 2.75) is 96.8 Å². The SMILES string of the molecule is BrCc1ccc2cncc(Br)c2c1.CC(C)(C)OC(=O)CCc1ccccc1NCc1ccc2cncc(-c3cc4ccccc4o3)c2c1.CC(C)(C)OC(=O)CCc1ccccc1NCc1ccc2cncc(Br)c2c1. The second-order valence-corrected chi connectivity index (χ2v) is 22.8. The van der Waals surface area contributed by atoms with Crippen LogP contribution in [0.2, 0.25) is 0 Å². The first-order valence-corrected chi connectivity index (χ1v) is 28.2. The van der Waals surface area contributed by atoms with Crippen molar-refractivity contribution >= 4 is 114 Å². The first-order valence-electron chi connectivity index (χ1n) is 25.5. The standard InChI is InChI=1S/C31H30N2O3.C23H25BrN2O2.C10H7Br2N/c1-31(2,3)36-30(34)15-14-22-8-4-6-10-27(22)33-18-21-12-13-24-19-32-20-26(25(24)16-21)29-17-23-9-5-7-11-28(23)35-29;1-23(2,3)28-22(27)11-10-17-6-4-5-7-21(17)26-13-16-8-9-18-14-25-15-20(24)19(18)12-16;11-4-7-1-2-8-5-13-6-10(12)9(8)3-7/h4-13,16-17,19-20,33H,14-15,18H2,1-3H3;4-9,12,14-15,26H,10-11,13H2,1-3H3;1-3,5-6H,4H2. The van der Waals surface area contributed by atoms with Crippen molar-refractivity contribution < 1.29 is 23.5 Å². The number of hydrogen-bond acceptors (Lipinski definition) is 10. The third kappa shape index (κ3) is 16.1. The van der Waals surface area contributed by atoms with E-state index < -0.39 is 11.2 Å². The van der Waals surface area contributed by atoms with Crippen molar-refractivity contribution in [3.63, 3.8) is 0 Å². The summed E-state index contributed by atoms with van der Waals surface area (Å²) in [6, 6.07) is 45.4. The number of fused-ring (bicyclic) bond motifs is 4. The molecule has 10 nitrogen and oxygen atoms in total. The third-order valence-corrected chi connectivity index (χ3v) is 14.2. The number of benzene rings is 6. The van der Waals surface area contributed by atoms with Crippen LogP contribution in [0.5, 0.6) is 0 Å². The highest BCUT2D eigenvalue weighted by molar-refractivity contribution is 9.11. The van der Waals surface area contributed by atoms with Crippen LogP contribution in [0.4, 0.5) is 11.4 Å². The van der Waals surface area contributed by atoms with Crippen molar-refractivity contribution in [3.8, 4) is 11.3 Å². The van der Waals surface area contributed by atoms with E-state index in [9.17, 15) is 9.59 Å². The number of rotatable bonds is 14. The number of para-hydroxylation sites is 3. The van der Waals surface area contributed by atoms with Gasteiger partial charge in [0.1, 0.15) is 22.5 Å². The van der Waals surface area contributed by atoms with Gasteiger partial charge in [0.15, 0.2) is 0 Å². The number of aromatic nitrogens is 3. The second-order valence-electron chi connectivity index (χ2n) is 20.6. The fourth-order valence-electron chi connectivity index (χ4n) is 8.65. The Morgan fingerprint density at radius 3 is 1.45 bits per heavy atom. The first-order chi connectivity index (χ1) is 37.0. The highest BCUT2D eigenvalue weighted by atomic mass is 79.9. The minimum Gasteiger partial charge on any atom is -0.460 e. The van der Waals surface area contributed by atoms with Gasteiger partial charge in [-0.3, -0.25) is 24.5 Å². The Kier molecular flexibility index (Phi) is 19.0. The van der Waals surface area contributed by atoms with E-state index >= 15 is 0 Å². The van der Waals surface area contributed by atoms with Crippen molar-refractivity contribution in [3.05, 3.63) is 207 Å². The molecule has 0 fully saturated rings. The first kappa shape index (κ1) is 56.3. The molecule has 6 aromatic carbocycles. The smallest absolute Gasteiger partial charge is 0.306 e.